The quantitative estimate of drug-likeness (QED) is 0.705. The molecule has 7 heteroatoms. The van der Waals surface area contributed by atoms with Crippen molar-refractivity contribution in [2.24, 2.45) is 0 Å². The van der Waals surface area contributed by atoms with Crippen LogP contribution in [0.3, 0.4) is 0 Å². The lowest BCUT2D eigenvalue weighted by molar-refractivity contribution is -0.0512. The highest BCUT2D eigenvalue weighted by Crippen LogP contribution is 2.31. The number of methoxy groups -OCH3 is 1. The average molecular weight is 341 g/mol. The summed E-state index contributed by atoms with van der Waals surface area (Å²) < 4.78 is 34.5. The molecule has 3 rings (SSSR count). The number of ether oxygens (including phenoxy) is 2. The fourth-order valence-corrected chi connectivity index (χ4v) is 2.37. The van der Waals surface area contributed by atoms with Gasteiger partial charge in [0.1, 0.15) is 11.9 Å². The van der Waals surface area contributed by atoms with Crippen molar-refractivity contribution >= 4 is 22.7 Å². The first-order chi connectivity index (χ1) is 12.1. The zero-order valence-corrected chi connectivity index (χ0v) is 13.2. The van der Waals surface area contributed by atoms with Crippen molar-refractivity contribution in [2.45, 2.75) is 6.61 Å². The van der Waals surface area contributed by atoms with Crippen molar-refractivity contribution in [1.29, 1.82) is 5.26 Å². The highest BCUT2D eigenvalue weighted by atomic mass is 19.3. The number of para-hydroxylation sites is 2. The van der Waals surface area contributed by atoms with Crippen LogP contribution in [0.5, 0.6) is 11.5 Å². The van der Waals surface area contributed by atoms with E-state index >= 15 is 0 Å². The molecule has 5 nitrogen and oxygen atoms in total. The number of alkyl halides is 2. The normalized spacial score (nSPS) is 11.6. The fraction of sp³-hybridized carbons (Fsp3) is 0.111. The first-order valence-electron chi connectivity index (χ1n) is 7.30. The smallest absolute Gasteiger partial charge is 0.387 e. The summed E-state index contributed by atoms with van der Waals surface area (Å²) in [6, 6.07) is 14.0. The van der Waals surface area contributed by atoms with Crippen molar-refractivity contribution < 1.29 is 18.3 Å². The maximum absolute atomic E-state index is 12.5. The van der Waals surface area contributed by atoms with Crippen LogP contribution >= 0.6 is 0 Å². The predicted molar refractivity (Wildman–Crippen MR) is 89.2 cm³/mol. The lowest BCUT2D eigenvalue weighted by Crippen LogP contribution is -2.03. The number of aromatic nitrogens is 2. The fourth-order valence-electron chi connectivity index (χ4n) is 2.37. The van der Waals surface area contributed by atoms with Gasteiger partial charge >= 0.3 is 6.61 Å². The van der Waals surface area contributed by atoms with Gasteiger partial charge in [-0.2, -0.15) is 14.0 Å². The van der Waals surface area contributed by atoms with Crippen LogP contribution in [0.25, 0.3) is 22.7 Å². The summed E-state index contributed by atoms with van der Waals surface area (Å²) in [5.41, 5.74) is 2.31. The van der Waals surface area contributed by atoms with Crippen molar-refractivity contribution in [2.75, 3.05) is 7.11 Å². The number of nitrogens with zero attached hydrogens (tertiary/aromatic N) is 2. The molecule has 0 aliphatic rings. The van der Waals surface area contributed by atoms with E-state index in [9.17, 15) is 14.0 Å². The van der Waals surface area contributed by atoms with Crippen LogP contribution in [0.1, 0.15) is 11.4 Å². The second-order valence-electron chi connectivity index (χ2n) is 5.06. The lowest BCUT2D eigenvalue weighted by Gasteiger charge is -2.10. The number of halogens is 2. The number of hydrogen-bond acceptors (Lipinski definition) is 4. The van der Waals surface area contributed by atoms with E-state index in [2.05, 4.69) is 20.8 Å². The number of hydrogen-bond donors (Lipinski definition) is 1. The Labute approximate surface area is 142 Å². The van der Waals surface area contributed by atoms with E-state index < -0.39 is 6.61 Å². The summed E-state index contributed by atoms with van der Waals surface area (Å²) in [7, 11) is 1.36. The number of nitriles is 1. The van der Waals surface area contributed by atoms with Crippen molar-refractivity contribution in [1.82, 2.24) is 9.97 Å². The Morgan fingerprint density at radius 1 is 1.24 bits per heavy atom. The SMILES string of the molecule is COc1ccc(/C=C(\C#N)c2nc3ccccc3[nH]2)cc1OC(F)F. The summed E-state index contributed by atoms with van der Waals surface area (Å²) in [6.45, 7) is -2.97. The molecule has 0 atom stereocenters. The van der Waals surface area contributed by atoms with Crippen LogP contribution in [0.15, 0.2) is 42.5 Å². The molecule has 0 spiro atoms. The van der Waals surface area contributed by atoms with E-state index in [4.69, 9.17) is 4.74 Å². The Bertz CT molecular complexity index is 941. The van der Waals surface area contributed by atoms with Gasteiger partial charge in [-0.25, -0.2) is 4.98 Å². The Morgan fingerprint density at radius 3 is 2.72 bits per heavy atom. The van der Waals surface area contributed by atoms with Crippen molar-refractivity contribution in [3.63, 3.8) is 0 Å². The predicted octanol–water partition coefficient (Wildman–Crippen LogP) is 4.24. The second-order valence-corrected chi connectivity index (χ2v) is 5.06. The third-order valence-electron chi connectivity index (χ3n) is 3.48. The van der Waals surface area contributed by atoms with Crippen molar-refractivity contribution in [3.8, 4) is 17.6 Å². The lowest BCUT2D eigenvalue weighted by atomic mass is 10.1. The molecule has 0 aliphatic heterocycles. The topological polar surface area (TPSA) is 70.9 Å². The minimum absolute atomic E-state index is 0.104. The number of nitrogens with one attached hydrogen (secondary N) is 1. The van der Waals surface area contributed by atoms with Gasteiger partial charge in [0.2, 0.25) is 0 Å². The average Bonchev–Trinajstić information content (AvgIpc) is 3.03. The molecule has 126 valence electrons. The van der Waals surface area contributed by atoms with Gasteiger partial charge in [0.05, 0.1) is 23.7 Å². The summed E-state index contributed by atoms with van der Waals surface area (Å²) in [5, 5.41) is 9.43. The zero-order chi connectivity index (χ0) is 17.8. The molecule has 0 radical (unpaired) electrons. The van der Waals surface area contributed by atoms with Gasteiger partial charge in [0.25, 0.3) is 0 Å². The highest BCUT2D eigenvalue weighted by molar-refractivity contribution is 5.90. The maximum atomic E-state index is 12.5. The molecule has 1 heterocycles. The van der Waals surface area contributed by atoms with Crippen LogP contribution in [-0.2, 0) is 0 Å². The number of aromatic amines is 1. The molecule has 25 heavy (non-hydrogen) atoms. The number of rotatable bonds is 5. The Balaban J connectivity index is 2.00. The summed E-state index contributed by atoms with van der Waals surface area (Å²) in [5.74, 6) is 0.476. The van der Waals surface area contributed by atoms with E-state index in [1.165, 1.54) is 25.3 Å². The molecule has 0 unspecified atom stereocenters. The van der Waals surface area contributed by atoms with E-state index in [1.54, 1.807) is 6.07 Å². The van der Waals surface area contributed by atoms with Crippen LogP contribution in [0, 0.1) is 11.3 Å². The van der Waals surface area contributed by atoms with Crippen LogP contribution in [0.4, 0.5) is 8.78 Å². The van der Waals surface area contributed by atoms with E-state index in [0.717, 1.165) is 11.0 Å². The third kappa shape index (κ3) is 3.58. The van der Waals surface area contributed by atoms with Gasteiger partial charge in [0.15, 0.2) is 11.5 Å². The first kappa shape index (κ1) is 16.5. The van der Waals surface area contributed by atoms with E-state index in [-0.39, 0.29) is 17.1 Å². The van der Waals surface area contributed by atoms with Crippen LogP contribution in [0.2, 0.25) is 0 Å². The van der Waals surface area contributed by atoms with E-state index in [0.29, 0.717) is 11.4 Å². The third-order valence-corrected chi connectivity index (χ3v) is 3.48. The minimum Gasteiger partial charge on any atom is -0.493 e. The molecular formula is C18H13F2N3O2. The van der Waals surface area contributed by atoms with Gasteiger partial charge in [-0.3, -0.25) is 0 Å². The molecule has 0 fully saturated rings. The largest absolute Gasteiger partial charge is 0.493 e. The summed E-state index contributed by atoms with van der Waals surface area (Å²) in [6.07, 6.45) is 1.54. The molecule has 0 aliphatic carbocycles. The standard InChI is InChI=1S/C18H13F2N3O2/c1-24-15-7-6-11(9-16(15)25-18(19)20)8-12(10-21)17-22-13-4-2-3-5-14(13)23-17/h2-9,18H,1H3,(H,22,23)/b12-8+. The number of fused-ring (bicyclic) bond motifs is 1. The Morgan fingerprint density at radius 2 is 2.04 bits per heavy atom. The van der Waals surface area contributed by atoms with Gasteiger partial charge < -0.3 is 14.5 Å². The summed E-state index contributed by atoms with van der Waals surface area (Å²) >= 11 is 0. The molecule has 0 bridgehead atoms. The number of imidazole rings is 1. The number of benzene rings is 2. The molecule has 1 N–H and O–H groups in total. The number of H-pyrrole nitrogens is 1. The second kappa shape index (κ2) is 7.01. The van der Waals surface area contributed by atoms with Crippen LogP contribution in [-0.4, -0.2) is 23.7 Å². The van der Waals surface area contributed by atoms with Gasteiger partial charge in [-0.1, -0.05) is 18.2 Å². The minimum atomic E-state index is -2.97. The molecule has 2 aromatic carbocycles. The molecular weight excluding hydrogens is 328 g/mol. The Kier molecular flexibility index (Phi) is 4.61. The van der Waals surface area contributed by atoms with Gasteiger partial charge in [-0.15, -0.1) is 0 Å². The molecule has 3 aromatic rings. The maximum Gasteiger partial charge on any atom is 0.387 e. The Hall–Kier alpha value is -3.40. The van der Waals surface area contributed by atoms with Gasteiger partial charge in [-0.05, 0) is 35.9 Å². The van der Waals surface area contributed by atoms with Crippen molar-refractivity contribution in [3.05, 3.63) is 53.9 Å². The van der Waals surface area contributed by atoms with Gasteiger partial charge in [0, 0.05) is 0 Å². The number of allylic oxidation sites excluding steroid dienone is 1. The molecule has 0 saturated heterocycles. The monoisotopic (exact) mass is 341 g/mol. The summed E-state index contributed by atoms with van der Waals surface area (Å²) in [4.78, 5) is 7.42. The van der Waals surface area contributed by atoms with Crippen LogP contribution < -0.4 is 9.47 Å². The molecule has 0 amide bonds. The molecule has 1 aromatic heterocycles. The first-order valence-corrected chi connectivity index (χ1v) is 7.30. The zero-order valence-electron chi connectivity index (χ0n) is 13.2. The molecule has 0 saturated carbocycles. The highest BCUT2D eigenvalue weighted by Gasteiger charge is 2.12. The van der Waals surface area contributed by atoms with E-state index in [1.807, 2.05) is 24.3 Å².